The number of rotatable bonds is 0. The molecule has 0 bridgehead atoms. The molecule has 0 heterocycles. The maximum atomic E-state index is 12.6. The Morgan fingerprint density at radius 3 is 2.56 bits per heavy atom. The normalized spacial score (nSPS) is 10.0. The molecule has 9 heavy (non-hydrogen) atoms. The van der Waals surface area contributed by atoms with E-state index in [1.54, 1.807) is 6.07 Å². The molecule has 0 N–H and O–H groups in total. The van der Waals surface area contributed by atoms with Gasteiger partial charge in [0.1, 0.15) is 5.82 Å². The molecule has 0 aliphatic rings. The van der Waals surface area contributed by atoms with E-state index in [9.17, 15) is 4.39 Å². The molecule has 0 aromatic heterocycles. The molecule has 0 aliphatic heterocycles. The largest absolute Gasteiger partial charge is 0.206 e. The van der Waals surface area contributed by atoms with E-state index in [0.717, 1.165) is 19.0 Å². The minimum Gasteiger partial charge on any atom is -0.206 e. The average molecular weight is 252 g/mol. The molecule has 0 atom stereocenters. The van der Waals surface area contributed by atoms with Gasteiger partial charge in [0.2, 0.25) is 0 Å². The van der Waals surface area contributed by atoms with Crippen LogP contribution in [0.3, 0.4) is 0 Å². The summed E-state index contributed by atoms with van der Waals surface area (Å²) in [6.07, 6.45) is 0. The van der Waals surface area contributed by atoms with Crippen LogP contribution in [0, 0.1) is 9.39 Å². The monoisotopic (exact) mass is 252 g/mol. The number of benzene rings is 1. The predicted octanol–water partition coefficient (Wildman–Crippen LogP) is 0.421. The fourth-order valence-electron chi connectivity index (χ4n) is 0.612. The first kappa shape index (κ1) is 7.21. The van der Waals surface area contributed by atoms with Crippen LogP contribution in [0.5, 0.6) is 0 Å². The summed E-state index contributed by atoms with van der Waals surface area (Å²) in [5, 5.41) is 1.13. The van der Waals surface area contributed by atoms with Crippen LogP contribution >= 0.6 is 22.6 Å². The highest BCUT2D eigenvalue weighted by atomic mass is 127. The lowest BCUT2D eigenvalue weighted by atomic mass is 10.3. The van der Waals surface area contributed by atoms with Crippen molar-refractivity contribution in [3.8, 4) is 0 Å². The maximum Gasteiger partial charge on any atom is 0.136 e. The Bertz CT molecular complexity index is 204. The lowest BCUT2D eigenvalue weighted by Gasteiger charge is -1.95. The molecule has 1 aromatic carbocycles. The van der Waals surface area contributed by atoms with E-state index in [-0.39, 0.29) is 5.82 Å². The van der Waals surface area contributed by atoms with Crippen molar-refractivity contribution >= 4 is 38.0 Å². The van der Waals surface area contributed by atoms with Gasteiger partial charge in [-0.3, -0.25) is 0 Å². The highest BCUT2D eigenvalue weighted by Crippen LogP contribution is 2.05. The summed E-state index contributed by atoms with van der Waals surface area (Å²) >= 11 is 2.03. The van der Waals surface area contributed by atoms with Crippen molar-refractivity contribution in [2.45, 2.75) is 0 Å². The molecule has 0 nitrogen and oxygen atoms in total. The molecule has 0 unspecified atom stereocenters. The first-order valence-corrected chi connectivity index (χ1v) is 4.70. The molecular weight excluding hydrogens is 246 g/mol. The predicted molar refractivity (Wildman–Crippen MR) is 48.7 cm³/mol. The summed E-state index contributed by atoms with van der Waals surface area (Å²) in [5.74, 6) is -0.0944. The van der Waals surface area contributed by atoms with Gasteiger partial charge in [0.15, 0.2) is 0 Å². The minimum atomic E-state index is -0.0944. The lowest BCUT2D eigenvalue weighted by Crippen LogP contribution is -2.07. The van der Waals surface area contributed by atoms with Crippen LogP contribution in [-0.2, 0) is 0 Å². The summed E-state index contributed by atoms with van der Waals surface area (Å²) in [6.45, 7) is 0. The highest BCUT2D eigenvalue weighted by molar-refractivity contribution is 14.1. The first-order chi connectivity index (χ1) is 4.22. The van der Waals surface area contributed by atoms with Gasteiger partial charge in [0.25, 0.3) is 0 Å². The van der Waals surface area contributed by atoms with Crippen molar-refractivity contribution in [3.05, 3.63) is 27.6 Å². The molecule has 0 saturated heterocycles. The molecule has 0 aliphatic carbocycles. The molecular formula is C6H6FISi. The van der Waals surface area contributed by atoms with Crippen LogP contribution in [0.25, 0.3) is 0 Å². The van der Waals surface area contributed by atoms with E-state index in [0.29, 0.717) is 0 Å². The molecule has 3 heteroatoms. The summed E-state index contributed by atoms with van der Waals surface area (Å²) in [5.41, 5.74) is 0. The summed E-state index contributed by atoms with van der Waals surface area (Å²) in [4.78, 5) is 0. The van der Waals surface area contributed by atoms with Gasteiger partial charge in [0, 0.05) is 13.8 Å². The van der Waals surface area contributed by atoms with E-state index in [1.165, 1.54) is 6.07 Å². The van der Waals surface area contributed by atoms with Gasteiger partial charge in [0.05, 0.1) is 0 Å². The Balaban J connectivity index is 3.25. The molecule has 0 fully saturated rings. The van der Waals surface area contributed by atoms with Gasteiger partial charge in [-0.25, -0.2) is 4.39 Å². The zero-order chi connectivity index (χ0) is 6.85. The Morgan fingerprint density at radius 1 is 1.44 bits per heavy atom. The molecule has 0 saturated carbocycles. The van der Waals surface area contributed by atoms with Gasteiger partial charge in [-0.2, -0.15) is 0 Å². The van der Waals surface area contributed by atoms with Gasteiger partial charge in [-0.1, -0.05) is 17.3 Å². The SMILES string of the molecule is Fc1cccc([SiH3])c1I. The maximum absolute atomic E-state index is 12.6. The topological polar surface area (TPSA) is 0 Å². The Kier molecular flexibility index (Phi) is 2.23. The second-order valence-corrected chi connectivity index (χ2v) is 4.03. The van der Waals surface area contributed by atoms with E-state index in [2.05, 4.69) is 0 Å². The molecule has 0 spiro atoms. The zero-order valence-corrected chi connectivity index (χ0v) is 9.15. The van der Waals surface area contributed by atoms with Gasteiger partial charge >= 0.3 is 0 Å². The lowest BCUT2D eigenvalue weighted by molar-refractivity contribution is 0.622. The molecule has 0 radical (unpaired) electrons. The standard InChI is InChI=1S/C6H6FISi/c7-4-2-1-3-5(9)6(4)8/h1-3H,9H3. The van der Waals surface area contributed by atoms with Crippen LogP contribution in [0.2, 0.25) is 0 Å². The number of hydrogen-bond donors (Lipinski definition) is 0. The average Bonchev–Trinajstić information content (AvgIpc) is 1.83. The Morgan fingerprint density at radius 2 is 2.11 bits per heavy atom. The van der Waals surface area contributed by atoms with Gasteiger partial charge in [-0.15, -0.1) is 0 Å². The molecule has 1 aromatic rings. The second kappa shape index (κ2) is 2.79. The first-order valence-electron chi connectivity index (χ1n) is 2.62. The van der Waals surface area contributed by atoms with E-state index in [1.807, 2.05) is 28.7 Å². The van der Waals surface area contributed by atoms with Gasteiger partial charge < -0.3 is 0 Å². The second-order valence-electron chi connectivity index (χ2n) is 1.87. The third-order valence-corrected chi connectivity index (χ3v) is 4.36. The van der Waals surface area contributed by atoms with E-state index in [4.69, 9.17) is 0 Å². The fraction of sp³-hybridized carbons (Fsp3) is 0. The minimum absolute atomic E-state index is 0.0944. The summed E-state index contributed by atoms with van der Waals surface area (Å²) in [6, 6.07) is 5.19. The molecule has 48 valence electrons. The highest BCUT2D eigenvalue weighted by Gasteiger charge is 1.97. The third kappa shape index (κ3) is 1.51. The van der Waals surface area contributed by atoms with Crippen molar-refractivity contribution in [1.29, 1.82) is 0 Å². The van der Waals surface area contributed by atoms with Crippen LogP contribution in [0.4, 0.5) is 4.39 Å². The summed E-state index contributed by atoms with van der Waals surface area (Å²) in [7, 11) is 0.927. The Labute approximate surface area is 70.0 Å². The Hall–Kier alpha value is 0.0969. The zero-order valence-electron chi connectivity index (χ0n) is 4.99. The summed E-state index contributed by atoms with van der Waals surface area (Å²) < 4.78 is 13.4. The van der Waals surface area contributed by atoms with Crippen LogP contribution in [-0.4, -0.2) is 10.2 Å². The van der Waals surface area contributed by atoms with Crippen molar-refractivity contribution in [2.75, 3.05) is 0 Å². The molecule has 0 amide bonds. The van der Waals surface area contributed by atoms with Crippen LogP contribution < -0.4 is 5.19 Å². The van der Waals surface area contributed by atoms with Crippen molar-refractivity contribution in [3.63, 3.8) is 0 Å². The van der Waals surface area contributed by atoms with Gasteiger partial charge in [-0.05, 0) is 28.7 Å². The third-order valence-electron chi connectivity index (χ3n) is 1.14. The van der Waals surface area contributed by atoms with Crippen molar-refractivity contribution in [2.24, 2.45) is 0 Å². The van der Waals surface area contributed by atoms with Crippen LogP contribution in [0.1, 0.15) is 0 Å². The van der Waals surface area contributed by atoms with E-state index < -0.39 is 0 Å². The van der Waals surface area contributed by atoms with E-state index >= 15 is 0 Å². The van der Waals surface area contributed by atoms with Crippen molar-refractivity contribution in [1.82, 2.24) is 0 Å². The fourth-order valence-corrected chi connectivity index (χ4v) is 1.40. The quantitative estimate of drug-likeness (QED) is 0.464. The molecule has 1 rings (SSSR count). The number of halogens is 2. The smallest absolute Gasteiger partial charge is 0.136 e. The van der Waals surface area contributed by atoms with Crippen LogP contribution in [0.15, 0.2) is 18.2 Å². The number of hydrogen-bond acceptors (Lipinski definition) is 0. The van der Waals surface area contributed by atoms with Crippen molar-refractivity contribution < 1.29 is 4.39 Å².